The summed E-state index contributed by atoms with van der Waals surface area (Å²) in [5.74, 6) is -0.274. The first-order valence-electron chi connectivity index (χ1n) is 5.43. The predicted molar refractivity (Wildman–Crippen MR) is 66.5 cm³/mol. The van der Waals surface area contributed by atoms with Crippen molar-refractivity contribution in [2.45, 2.75) is 20.0 Å². The van der Waals surface area contributed by atoms with Gasteiger partial charge in [0.25, 0.3) is 5.91 Å². The van der Waals surface area contributed by atoms with E-state index >= 15 is 0 Å². The van der Waals surface area contributed by atoms with Crippen LogP contribution in [0.1, 0.15) is 24.2 Å². The summed E-state index contributed by atoms with van der Waals surface area (Å²) in [6.45, 7) is 4.83. The van der Waals surface area contributed by atoms with Crippen LogP contribution in [0.25, 0.3) is 0 Å². The third-order valence-corrected chi connectivity index (χ3v) is 2.51. The molecular weight excluding hydrogens is 242 g/mol. The minimum absolute atomic E-state index is 0.0310. The average molecular weight is 258 g/mol. The fourth-order valence-electron chi connectivity index (χ4n) is 1.33. The summed E-state index contributed by atoms with van der Waals surface area (Å²) >= 11 is 5.72. The highest BCUT2D eigenvalue weighted by atomic mass is 35.5. The van der Waals surface area contributed by atoms with E-state index in [4.69, 9.17) is 16.3 Å². The molecule has 1 aromatic rings. The van der Waals surface area contributed by atoms with Crippen LogP contribution in [-0.2, 0) is 4.74 Å². The zero-order chi connectivity index (χ0) is 12.8. The number of amides is 1. The molecule has 4 nitrogen and oxygen atoms in total. The quantitative estimate of drug-likeness (QED) is 0.850. The highest BCUT2D eigenvalue weighted by Crippen LogP contribution is 2.23. The molecule has 0 spiro atoms. The van der Waals surface area contributed by atoms with Crippen LogP contribution in [0.15, 0.2) is 18.2 Å². The van der Waals surface area contributed by atoms with E-state index in [-0.39, 0.29) is 22.8 Å². The zero-order valence-corrected chi connectivity index (χ0v) is 10.6. The maximum Gasteiger partial charge on any atom is 0.251 e. The maximum absolute atomic E-state index is 11.7. The Morgan fingerprint density at radius 2 is 2.29 bits per heavy atom. The van der Waals surface area contributed by atoms with E-state index in [1.54, 1.807) is 0 Å². The van der Waals surface area contributed by atoms with Gasteiger partial charge in [0.2, 0.25) is 0 Å². The summed E-state index contributed by atoms with van der Waals surface area (Å²) in [6, 6.07) is 4.34. The number of hydrogen-bond acceptors (Lipinski definition) is 3. The highest BCUT2D eigenvalue weighted by molar-refractivity contribution is 6.32. The van der Waals surface area contributed by atoms with Gasteiger partial charge in [0.05, 0.1) is 11.1 Å². The first-order valence-corrected chi connectivity index (χ1v) is 5.80. The predicted octanol–water partition coefficient (Wildman–Crippen LogP) is 2.20. The molecular formula is C12H16ClNO3. The van der Waals surface area contributed by atoms with Crippen molar-refractivity contribution >= 4 is 17.5 Å². The number of benzene rings is 1. The van der Waals surface area contributed by atoms with Crippen LogP contribution < -0.4 is 5.32 Å². The molecule has 0 fully saturated rings. The Hall–Kier alpha value is -1.26. The summed E-state index contributed by atoms with van der Waals surface area (Å²) in [5, 5.41) is 12.1. The molecule has 0 saturated heterocycles. The van der Waals surface area contributed by atoms with Gasteiger partial charge in [-0.2, -0.15) is 0 Å². The SMILES string of the molecule is CCOC(C)CNC(=O)c1ccc(O)c(Cl)c1. The number of rotatable bonds is 5. The number of carbonyl (C=O) groups is 1. The summed E-state index contributed by atoms with van der Waals surface area (Å²) in [4.78, 5) is 11.7. The summed E-state index contributed by atoms with van der Waals surface area (Å²) in [5.41, 5.74) is 0.413. The number of nitrogens with one attached hydrogen (secondary N) is 1. The lowest BCUT2D eigenvalue weighted by atomic mass is 10.2. The van der Waals surface area contributed by atoms with Crippen molar-refractivity contribution in [3.05, 3.63) is 28.8 Å². The molecule has 94 valence electrons. The van der Waals surface area contributed by atoms with Gasteiger partial charge < -0.3 is 15.2 Å². The highest BCUT2D eigenvalue weighted by Gasteiger charge is 2.09. The van der Waals surface area contributed by atoms with Crippen molar-refractivity contribution in [1.29, 1.82) is 0 Å². The van der Waals surface area contributed by atoms with Crippen molar-refractivity contribution in [1.82, 2.24) is 5.32 Å². The number of hydrogen-bond donors (Lipinski definition) is 2. The second kappa shape index (κ2) is 6.47. The number of ether oxygens (including phenoxy) is 1. The van der Waals surface area contributed by atoms with Gasteiger partial charge >= 0.3 is 0 Å². The Morgan fingerprint density at radius 1 is 1.59 bits per heavy atom. The average Bonchev–Trinajstić information content (AvgIpc) is 2.30. The Bertz CT molecular complexity index is 395. The van der Waals surface area contributed by atoms with Gasteiger partial charge in [-0.3, -0.25) is 4.79 Å². The van der Waals surface area contributed by atoms with Gasteiger partial charge in [-0.25, -0.2) is 0 Å². The molecule has 1 amide bonds. The van der Waals surface area contributed by atoms with Gasteiger partial charge in [-0.1, -0.05) is 11.6 Å². The Kier molecular flexibility index (Phi) is 5.25. The van der Waals surface area contributed by atoms with Crippen molar-refractivity contribution < 1.29 is 14.6 Å². The topological polar surface area (TPSA) is 58.6 Å². The Balaban J connectivity index is 2.55. The van der Waals surface area contributed by atoms with E-state index in [9.17, 15) is 9.90 Å². The molecule has 0 heterocycles. The van der Waals surface area contributed by atoms with Crippen LogP contribution in [-0.4, -0.2) is 30.3 Å². The summed E-state index contributed by atoms with van der Waals surface area (Å²) in [7, 11) is 0. The first-order chi connectivity index (χ1) is 8.04. The fourth-order valence-corrected chi connectivity index (χ4v) is 1.51. The molecule has 0 aromatic heterocycles. The lowest BCUT2D eigenvalue weighted by molar-refractivity contribution is 0.0695. The van der Waals surface area contributed by atoms with Crippen molar-refractivity contribution in [3.8, 4) is 5.75 Å². The van der Waals surface area contributed by atoms with E-state index in [1.807, 2.05) is 13.8 Å². The zero-order valence-electron chi connectivity index (χ0n) is 9.87. The van der Waals surface area contributed by atoms with E-state index in [2.05, 4.69) is 5.32 Å². The number of aromatic hydroxyl groups is 1. The standard InChI is InChI=1S/C12H16ClNO3/c1-3-17-8(2)7-14-12(16)9-4-5-11(15)10(13)6-9/h4-6,8,15H,3,7H2,1-2H3,(H,14,16). The number of phenols is 1. The third-order valence-electron chi connectivity index (χ3n) is 2.21. The van der Waals surface area contributed by atoms with Crippen LogP contribution in [0.2, 0.25) is 5.02 Å². The molecule has 1 unspecified atom stereocenters. The molecule has 0 aliphatic rings. The molecule has 17 heavy (non-hydrogen) atoms. The van der Waals surface area contributed by atoms with E-state index in [1.165, 1.54) is 18.2 Å². The minimum Gasteiger partial charge on any atom is -0.506 e. The lowest BCUT2D eigenvalue weighted by Gasteiger charge is -2.12. The van der Waals surface area contributed by atoms with Gasteiger partial charge in [-0.05, 0) is 32.0 Å². The van der Waals surface area contributed by atoms with Crippen LogP contribution in [0.4, 0.5) is 0 Å². The third kappa shape index (κ3) is 4.24. The smallest absolute Gasteiger partial charge is 0.251 e. The molecule has 1 aromatic carbocycles. The largest absolute Gasteiger partial charge is 0.506 e. The fraction of sp³-hybridized carbons (Fsp3) is 0.417. The molecule has 0 radical (unpaired) electrons. The maximum atomic E-state index is 11.7. The second-order valence-corrected chi connectivity index (χ2v) is 4.05. The molecule has 1 rings (SSSR count). The molecule has 5 heteroatoms. The van der Waals surface area contributed by atoms with Crippen LogP contribution in [0, 0.1) is 0 Å². The van der Waals surface area contributed by atoms with Crippen molar-refractivity contribution in [3.63, 3.8) is 0 Å². The summed E-state index contributed by atoms with van der Waals surface area (Å²) < 4.78 is 5.29. The van der Waals surface area contributed by atoms with Gasteiger partial charge in [0, 0.05) is 18.7 Å². The van der Waals surface area contributed by atoms with Gasteiger partial charge in [-0.15, -0.1) is 0 Å². The molecule has 1 atom stereocenters. The normalized spacial score (nSPS) is 12.2. The van der Waals surface area contributed by atoms with Gasteiger partial charge in [0.1, 0.15) is 5.75 Å². The molecule has 0 aliphatic heterocycles. The monoisotopic (exact) mass is 257 g/mol. The molecule has 0 bridgehead atoms. The van der Waals surface area contributed by atoms with E-state index in [0.29, 0.717) is 18.7 Å². The lowest BCUT2D eigenvalue weighted by Crippen LogP contribution is -2.32. The summed E-state index contributed by atoms with van der Waals surface area (Å²) in [6.07, 6.45) is -0.0310. The molecule has 0 aliphatic carbocycles. The van der Waals surface area contributed by atoms with E-state index < -0.39 is 0 Å². The first kappa shape index (κ1) is 13.8. The van der Waals surface area contributed by atoms with E-state index in [0.717, 1.165) is 0 Å². The van der Waals surface area contributed by atoms with Crippen molar-refractivity contribution in [2.75, 3.05) is 13.2 Å². The van der Waals surface area contributed by atoms with Crippen molar-refractivity contribution in [2.24, 2.45) is 0 Å². The Labute approximate surface area is 106 Å². The van der Waals surface area contributed by atoms with Gasteiger partial charge in [0.15, 0.2) is 0 Å². The van der Waals surface area contributed by atoms with Crippen LogP contribution in [0.3, 0.4) is 0 Å². The minimum atomic E-state index is -0.238. The molecule has 2 N–H and O–H groups in total. The van der Waals surface area contributed by atoms with Crippen LogP contribution in [0.5, 0.6) is 5.75 Å². The Morgan fingerprint density at radius 3 is 2.88 bits per heavy atom. The number of carbonyl (C=O) groups excluding carboxylic acids is 1. The van der Waals surface area contributed by atoms with Crippen LogP contribution >= 0.6 is 11.6 Å². The second-order valence-electron chi connectivity index (χ2n) is 3.64. The number of phenolic OH excluding ortho intramolecular Hbond substituents is 1. The number of halogens is 1. The molecule has 0 saturated carbocycles.